The van der Waals surface area contributed by atoms with E-state index in [0.717, 1.165) is 0 Å². The maximum Gasteiger partial charge on any atom is 0.311 e. The molecule has 4 fully saturated rings. The molecule has 2 aliphatic heterocycles. The molecule has 2 saturated carbocycles. The third kappa shape index (κ3) is 5.11. The highest BCUT2D eigenvalue weighted by atomic mass is 16.6. The van der Waals surface area contributed by atoms with Crippen LogP contribution in [0.5, 0.6) is 0 Å². The van der Waals surface area contributed by atoms with Gasteiger partial charge in [-0.1, -0.05) is 32.0 Å². The number of aliphatic hydroxyl groups excluding tert-OH is 1. The molecule has 1 aromatic rings. The molecule has 0 radical (unpaired) electrons. The number of ether oxygens (including phenoxy) is 3. The maximum atomic E-state index is 13.3. The Morgan fingerprint density at radius 3 is 2.30 bits per heavy atom. The molecule has 4 aliphatic rings. The molecule has 9 atom stereocenters. The molecule has 10 heteroatoms. The molecule has 5 rings (SSSR count). The van der Waals surface area contributed by atoms with Gasteiger partial charge in [0.15, 0.2) is 0 Å². The molecule has 40 heavy (non-hydrogen) atoms. The van der Waals surface area contributed by atoms with E-state index in [2.05, 4.69) is 4.90 Å². The van der Waals surface area contributed by atoms with Gasteiger partial charge in [0, 0.05) is 75.8 Å². The van der Waals surface area contributed by atoms with Crippen LogP contribution in [0.1, 0.15) is 50.9 Å². The molecule has 1 aromatic carbocycles. The first-order chi connectivity index (χ1) is 19.0. The summed E-state index contributed by atoms with van der Waals surface area (Å²) < 4.78 is 17.6. The number of fused-ring (bicyclic) bond motifs is 2. The topological polar surface area (TPSA) is 123 Å². The highest BCUT2D eigenvalue weighted by Gasteiger charge is 2.67. The fourth-order valence-corrected chi connectivity index (χ4v) is 7.96. The highest BCUT2D eigenvalue weighted by Crippen LogP contribution is 2.59. The summed E-state index contributed by atoms with van der Waals surface area (Å²) in [5.74, 6) is -2.59. The number of amides is 1. The molecule has 0 bridgehead atoms. The number of nitrogens with zero attached hydrogens (tertiary/aromatic N) is 2. The molecule has 2 aliphatic carbocycles. The lowest BCUT2D eigenvalue weighted by Crippen LogP contribution is -2.55. The molecule has 2 saturated heterocycles. The summed E-state index contributed by atoms with van der Waals surface area (Å²) in [6, 6.07) is 9.19. The molecule has 0 aromatic heterocycles. The van der Waals surface area contributed by atoms with Crippen LogP contribution < -0.4 is 0 Å². The van der Waals surface area contributed by atoms with E-state index in [1.807, 2.05) is 49.1 Å². The Hall–Kier alpha value is -2.98. The summed E-state index contributed by atoms with van der Waals surface area (Å²) in [5.41, 5.74) is -0.280. The van der Waals surface area contributed by atoms with E-state index in [-0.39, 0.29) is 30.1 Å². The Balaban J connectivity index is 1.37. The Morgan fingerprint density at radius 1 is 1.02 bits per heavy atom. The summed E-state index contributed by atoms with van der Waals surface area (Å²) in [6.45, 7) is 9.30. The second-order valence-corrected chi connectivity index (χ2v) is 12.2. The van der Waals surface area contributed by atoms with E-state index in [4.69, 9.17) is 14.2 Å². The molecule has 2 heterocycles. The van der Waals surface area contributed by atoms with Crippen molar-refractivity contribution in [2.45, 2.75) is 65.0 Å². The van der Waals surface area contributed by atoms with Crippen LogP contribution in [0.15, 0.2) is 30.3 Å². The van der Waals surface area contributed by atoms with Gasteiger partial charge in [0.25, 0.3) is 5.91 Å². The van der Waals surface area contributed by atoms with Gasteiger partial charge in [-0.05, 0) is 24.5 Å². The maximum absolute atomic E-state index is 13.3. The van der Waals surface area contributed by atoms with E-state index < -0.39 is 53.6 Å². The normalized spacial score (nSPS) is 37.6. The van der Waals surface area contributed by atoms with Crippen LogP contribution in [0.4, 0.5) is 0 Å². The van der Waals surface area contributed by atoms with Gasteiger partial charge in [-0.25, -0.2) is 0 Å². The van der Waals surface area contributed by atoms with Crippen molar-refractivity contribution in [2.75, 3.05) is 32.7 Å². The number of carbonyl (C=O) groups is 4. The zero-order chi connectivity index (χ0) is 28.8. The zero-order valence-corrected chi connectivity index (χ0v) is 23.7. The van der Waals surface area contributed by atoms with Gasteiger partial charge < -0.3 is 24.2 Å². The van der Waals surface area contributed by atoms with Crippen LogP contribution in [-0.2, 0) is 28.6 Å². The van der Waals surface area contributed by atoms with E-state index >= 15 is 0 Å². The number of esters is 3. The SMILES string of the molecule is CC(=O)O[C@@H]1C[C@H](O)[C@]2(C)[C@@H]1[C@H](C)C[C@@H]1OC(=O)[C@@H](CN3CCN(C(=O)c4ccccc4)CC3)[C@H]1[C@@H]2OC(C)=O. The molecule has 0 spiro atoms. The number of carbonyl (C=O) groups excluding carboxylic acids is 4. The largest absolute Gasteiger partial charge is 0.462 e. The van der Waals surface area contributed by atoms with Crippen LogP contribution in [-0.4, -0.2) is 95.9 Å². The second kappa shape index (κ2) is 11.1. The van der Waals surface area contributed by atoms with Gasteiger partial charge in [0.2, 0.25) is 0 Å². The monoisotopic (exact) mass is 556 g/mol. The number of aliphatic hydroxyl groups is 1. The predicted octanol–water partition coefficient (Wildman–Crippen LogP) is 1.89. The Kier molecular flexibility index (Phi) is 7.94. The van der Waals surface area contributed by atoms with Crippen LogP contribution in [0.3, 0.4) is 0 Å². The number of hydrogen-bond donors (Lipinski definition) is 1. The summed E-state index contributed by atoms with van der Waals surface area (Å²) in [5, 5.41) is 11.4. The van der Waals surface area contributed by atoms with E-state index in [1.54, 1.807) is 0 Å². The minimum absolute atomic E-state index is 0.00945. The third-order valence-corrected chi connectivity index (χ3v) is 9.68. The molecule has 1 N–H and O–H groups in total. The summed E-state index contributed by atoms with van der Waals surface area (Å²) >= 11 is 0. The van der Waals surface area contributed by atoms with Crippen molar-refractivity contribution in [3.63, 3.8) is 0 Å². The average molecular weight is 557 g/mol. The van der Waals surface area contributed by atoms with E-state index in [0.29, 0.717) is 44.7 Å². The van der Waals surface area contributed by atoms with Crippen molar-refractivity contribution in [1.29, 1.82) is 0 Å². The Labute approximate surface area is 234 Å². The fourth-order valence-electron chi connectivity index (χ4n) is 7.96. The van der Waals surface area contributed by atoms with Gasteiger partial charge in [-0.3, -0.25) is 24.1 Å². The second-order valence-electron chi connectivity index (χ2n) is 12.2. The first-order valence-electron chi connectivity index (χ1n) is 14.3. The molecule has 218 valence electrons. The first-order valence-corrected chi connectivity index (χ1v) is 14.3. The van der Waals surface area contributed by atoms with Gasteiger partial charge in [0.1, 0.15) is 18.3 Å². The molecular formula is C30H40N2O8. The standard InChI is InChI=1S/C30H40N2O8/c1-17-14-22-25(27(39-19(3)34)30(4)24(35)15-23(26(17)30)38-18(2)33)21(29(37)40-22)16-31-10-12-32(13-11-31)28(36)20-8-6-5-7-9-20/h5-9,17,21-27,35H,10-16H2,1-4H3/t17-,21+,22+,23-,24+,25-,26-,27+,30-/m1/s1. The molecular weight excluding hydrogens is 516 g/mol. The summed E-state index contributed by atoms with van der Waals surface area (Å²) in [7, 11) is 0. The minimum Gasteiger partial charge on any atom is -0.462 e. The third-order valence-electron chi connectivity index (χ3n) is 9.68. The van der Waals surface area contributed by atoms with Crippen molar-refractivity contribution < 1.29 is 38.5 Å². The van der Waals surface area contributed by atoms with Gasteiger partial charge >= 0.3 is 17.9 Å². The van der Waals surface area contributed by atoms with Crippen molar-refractivity contribution in [1.82, 2.24) is 9.80 Å². The summed E-state index contributed by atoms with van der Waals surface area (Å²) in [6.07, 6.45) is -1.92. The smallest absolute Gasteiger partial charge is 0.311 e. The van der Waals surface area contributed by atoms with Crippen LogP contribution in [0.2, 0.25) is 0 Å². The average Bonchev–Trinajstić information content (AvgIpc) is 3.31. The molecule has 1 amide bonds. The van der Waals surface area contributed by atoms with E-state index in [9.17, 15) is 24.3 Å². The quantitative estimate of drug-likeness (QED) is 0.428. The fraction of sp³-hybridized carbons (Fsp3) is 0.667. The highest BCUT2D eigenvalue weighted by molar-refractivity contribution is 5.94. The minimum atomic E-state index is -0.933. The zero-order valence-electron chi connectivity index (χ0n) is 23.7. The van der Waals surface area contributed by atoms with Crippen LogP contribution in [0.25, 0.3) is 0 Å². The van der Waals surface area contributed by atoms with Crippen molar-refractivity contribution >= 4 is 23.8 Å². The van der Waals surface area contributed by atoms with Crippen molar-refractivity contribution in [3.05, 3.63) is 35.9 Å². The number of rotatable bonds is 5. The lowest BCUT2D eigenvalue weighted by molar-refractivity contribution is -0.174. The Bertz CT molecular complexity index is 1140. The number of benzene rings is 1. The van der Waals surface area contributed by atoms with Crippen LogP contribution >= 0.6 is 0 Å². The molecule has 0 unspecified atom stereocenters. The lowest BCUT2D eigenvalue weighted by Gasteiger charge is -2.44. The van der Waals surface area contributed by atoms with Gasteiger partial charge in [0.05, 0.1) is 12.0 Å². The van der Waals surface area contributed by atoms with Gasteiger partial charge in [-0.2, -0.15) is 0 Å². The van der Waals surface area contributed by atoms with Gasteiger partial charge in [-0.15, -0.1) is 0 Å². The van der Waals surface area contributed by atoms with Crippen molar-refractivity contribution in [2.24, 2.45) is 29.1 Å². The van der Waals surface area contributed by atoms with Crippen molar-refractivity contribution in [3.8, 4) is 0 Å². The lowest BCUT2D eigenvalue weighted by atomic mass is 9.66. The van der Waals surface area contributed by atoms with Crippen LogP contribution in [0, 0.1) is 29.1 Å². The van der Waals surface area contributed by atoms with E-state index in [1.165, 1.54) is 13.8 Å². The number of hydrogen-bond acceptors (Lipinski definition) is 9. The Morgan fingerprint density at radius 2 is 1.68 bits per heavy atom. The first kappa shape index (κ1) is 28.5. The summed E-state index contributed by atoms with van der Waals surface area (Å²) in [4.78, 5) is 54.5. The number of piperazine rings is 1. The molecule has 10 nitrogen and oxygen atoms in total. The predicted molar refractivity (Wildman–Crippen MR) is 143 cm³/mol.